The molecule has 3 aliphatic rings. The van der Waals surface area contributed by atoms with Crippen molar-refractivity contribution in [3.8, 4) is 11.1 Å². The first-order valence-electron chi connectivity index (χ1n) is 21.4. The van der Waals surface area contributed by atoms with Crippen LogP contribution in [0.3, 0.4) is 0 Å². The van der Waals surface area contributed by atoms with Gasteiger partial charge in [0.2, 0.25) is 0 Å². The zero-order valence-electron chi connectivity index (χ0n) is 35.9. The number of aromatic nitrogens is 1. The second kappa shape index (κ2) is 10.5. The van der Waals surface area contributed by atoms with Crippen molar-refractivity contribution in [2.24, 2.45) is 0 Å². The lowest BCUT2D eigenvalue weighted by molar-refractivity contribution is 0.590. The van der Waals surface area contributed by atoms with Crippen LogP contribution in [0.5, 0.6) is 0 Å². The van der Waals surface area contributed by atoms with E-state index in [9.17, 15) is 0 Å². The monoisotopic (exact) mass is 750 g/mol. The van der Waals surface area contributed by atoms with Crippen LogP contribution in [0.15, 0.2) is 109 Å². The van der Waals surface area contributed by atoms with Crippen LogP contribution in [0.2, 0.25) is 0 Å². The first kappa shape index (κ1) is 34.5. The van der Waals surface area contributed by atoms with Crippen molar-refractivity contribution in [3.05, 3.63) is 137 Å². The number of fused-ring (bicyclic) bond motifs is 11. The molecule has 0 amide bonds. The lowest BCUT2D eigenvalue weighted by atomic mass is 9.43. The predicted molar refractivity (Wildman–Crippen MR) is 252 cm³/mol. The summed E-state index contributed by atoms with van der Waals surface area (Å²) in [6.07, 6.45) is 0. The van der Waals surface area contributed by atoms with E-state index in [1.807, 2.05) is 0 Å². The maximum atomic E-state index is 2.76. The maximum Gasteiger partial charge on any atom is 0.333 e. The fraction of sp³-hybridized carbons (Fsp3) is 0.273. The summed E-state index contributed by atoms with van der Waals surface area (Å²) < 4.78 is 2.76. The Morgan fingerprint density at radius 2 is 1.16 bits per heavy atom. The molecule has 0 spiro atoms. The molecule has 0 radical (unpaired) electrons. The largest absolute Gasteiger partial charge is 0.375 e. The number of benzene rings is 8. The third kappa shape index (κ3) is 4.15. The molecule has 0 unspecified atom stereocenters. The standard InChI is InChI=1S/C55H51BN2/c1-52(2,3)32-21-24-43-37(27-32)38-28-34(54(7,8)9)29-39-47-35-22-19-30-25-33(53(4,5)6)26-31-20-23-36(46(35)45(30)31)50-48(47)56(58(43)49(38)39)42-17-14-16-41-51(42)57(50)44-18-13-12-15-40(44)55(41,10)11/h12-29H,1-11H3. The average Bonchev–Trinajstić information content (AvgIpc) is 3.50. The minimum absolute atomic E-state index is 0.000135. The first-order valence-corrected chi connectivity index (χ1v) is 21.4. The Hall–Kier alpha value is -5.54. The van der Waals surface area contributed by atoms with Crippen LogP contribution in [-0.4, -0.2) is 11.3 Å². The van der Waals surface area contributed by atoms with E-state index < -0.39 is 0 Å². The summed E-state index contributed by atoms with van der Waals surface area (Å²) in [6.45, 7) is 26.0. The van der Waals surface area contributed by atoms with E-state index in [1.165, 1.54) is 121 Å². The molecular weight excluding hydrogens is 699 g/mol. The molecule has 2 nitrogen and oxygen atoms in total. The molecule has 0 atom stereocenters. The molecule has 3 heteroatoms. The summed E-state index contributed by atoms with van der Waals surface area (Å²) in [6, 6.07) is 43.6. The van der Waals surface area contributed by atoms with Gasteiger partial charge in [-0.25, -0.2) is 0 Å². The highest BCUT2D eigenvalue weighted by molar-refractivity contribution is 6.91. The quantitative estimate of drug-likeness (QED) is 0.111. The SMILES string of the molecule is CC(C)(C)c1cc2ccc3c4c5c(c6ccc(c1)c2c36)N1c2ccccc2C(C)(C)c2cccc(c21)B5n1c2ccc(C(C)(C)C)cc2c2cc(C(C)(C)C)cc-4c21. The minimum atomic E-state index is -0.171. The average molecular weight is 751 g/mol. The molecule has 0 bridgehead atoms. The summed E-state index contributed by atoms with van der Waals surface area (Å²) in [5.74, 6) is 0. The third-order valence-corrected chi connectivity index (χ3v) is 14.5. The smallest absolute Gasteiger partial charge is 0.333 e. The van der Waals surface area contributed by atoms with E-state index in [2.05, 4.69) is 195 Å². The number of nitrogens with zero attached hydrogens (tertiary/aromatic N) is 2. The Morgan fingerprint density at radius 1 is 0.517 bits per heavy atom. The van der Waals surface area contributed by atoms with Gasteiger partial charge < -0.3 is 9.38 Å². The summed E-state index contributed by atoms with van der Waals surface area (Å²) in [5, 5.41) is 10.9. The summed E-state index contributed by atoms with van der Waals surface area (Å²) in [5.41, 5.74) is 19.1. The molecule has 0 saturated carbocycles. The molecule has 0 fully saturated rings. The summed E-state index contributed by atoms with van der Waals surface area (Å²) in [4.78, 5) is 2.70. The van der Waals surface area contributed by atoms with Gasteiger partial charge >= 0.3 is 6.85 Å². The number of hydrogen-bond donors (Lipinski definition) is 0. The molecule has 58 heavy (non-hydrogen) atoms. The molecule has 1 aromatic heterocycles. The van der Waals surface area contributed by atoms with Gasteiger partial charge in [-0.2, -0.15) is 0 Å². The van der Waals surface area contributed by atoms with Crippen LogP contribution < -0.4 is 15.8 Å². The normalized spacial score (nSPS) is 15.6. The second-order valence-corrected chi connectivity index (χ2v) is 21.4. The van der Waals surface area contributed by atoms with Crippen LogP contribution in [-0.2, 0) is 21.7 Å². The predicted octanol–water partition coefficient (Wildman–Crippen LogP) is 13.6. The van der Waals surface area contributed by atoms with Gasteiger partial charge in [0, 0.05) is 49.2 Å². The topological polar surface area (TPSA) is 8.17 Å². The van der Waals surface area contributed by atoms with Crippen LogP contribution in [0.1, 0.15) is 104 Å². The lowest BCUT2D eigenvalue weighted by Gasteiger charge is -2.48. The molecule has 8 aromatic carbocycles. The fourth-order valence-electron chi connectivity index (χ4n) is 11.4. The molecule has 0 N–H and O–H groups in total. The number of anilines is 3. The van der Waals surface area contributed by atoms with E-state index in [0.717, 1.165) is 0 Å². The van der Waals surface area contributed by atoms with E-state index in [4.69, 9.17) is 0 Å². The van der Waals surface area contributed by atoms with Crippen molar-refractivity contribution in [2.75, 3.05) is 4.90 Å². The van der Waals surface area contributed by atoms with Crippen molar-refractivity contribution < 1.29 is 0 Å². The summed E-state index contributed by atoms with van der Waals surface area (Å²) >= 11 is 0. The Kier molecular flexibility index (Phi) is 6.27. The Labute approximate surface area is 342 Å². The van der Waals surface area contributed by atoms with Gasteiger partial charge in [-0.15, -0.1) is 0 Å². The zero-order valence-corrected chi connectivity index (χ0v) is 35.9. The maximum absolute atomic E-state index is 2.76. The minimum Gasteiger partial charge on any atom is -0.375 e. The van der Waals surface area contributed by atoms with Crippen LogP contribution in [0, 0.1) is 0 Å². The number of para-hydroxylation sites is 2. The first-order chi connectivity index (χ1) is 27.4. The highest BCUT2D eigenvalue weighted by atomic mass is 15.2. The Bertz CT molecular complexity index is 3300. The Balaban J connectivity index is 1.36. The Morgan fingerprint density at radius 3 is 1.86 bits per heavy atom. The molecule has 284 valence electrons. The molecule has 4 heterocycles. The number of rotatable bonds is 0. The zero-order chi connectivity index (χ0) is 40.2. The van der Waals surface area contributed by atoms with E-state index in [1.54, 1.807) is 0 Å². The molecule has 3 aliphatic heterocycles. The molecule has 0 saturated heterocycles. The van der Waals surface area contributed by atoms with Gasteiger partial charge in [-0.1, -0.05) is 155 Å². The van der Waals surface area contributed by atoms with Crippen LogP contribution in [0.25, 0.3) is 65.3 Å². The lowest BCUT2D eigenvalue weighted by Crippen LogP contribution is -2.58. The van der Waals surface area contributed by atoms with Gasteiger partial charge in [-0.05, 0) is 112 Å². The van der Waals surface area contributed by atoms with Crippen LogP contribution in [0.4, 0.5) is 17.1 Å². The molecule has 0 aliphatic carbocycles. The van der Waals surface area contributed by atoms with Gasteiger partial charge in [0.15, 0.2) is 0 Å². The van der Waals surface area contributed by atoms with Gasteiger partial charge in [0.25, 0.3) is 0 Å². The van der Waals surface area contributed by atoms with E-state index >= 15 is 0 Å². The fourth-order valence-corrected chi connectivity index (χ4v) is 11.4. The van der Waals surface area contributed by atoms with Gasteiger partial charge in [0.1, 0.15) is 0 Å². The van der Waals surface area contributed by atoms with E-state index in [-0.39, 0.29) is 28.5 Å². The molecule has 9 aromatic rings. The highest BCUT2D eigenvalue weighted by Gasteiger charge is 2.49. The van der Waals surface area contributed by atoms with Crippen molar-refractivity contribution in [2.45, 2.75) is 97.8 Å². The highest BCUT2D eigenvalue weighted by Crippen LogP contribution is 2.57. The third-order valence-electron chi connectivity index (χ3n) is 14.5. The molecule has 12 rings (SSSR count). The van der Waals surface area contributed by atoms with Crippen molar-refractivity contribution in [1.29, 1.82) is 0 Å². The number of hydrogen-bond acceptors (Lipinski definition) is 1. The van der Waals surface area contributed by atoms with E-state index in [0.29, 0.717) is 0 Å². The van der Waals surface area contributed by atoms with Gasteiger partial charge in [0.05, 0.1) is 11.4 Å². The van der Waals surface area contributed by atoms with Crippen LogP contribution >= 0.6 is 0 Å². The van der Waals surface area contributed by atoms with Gasteiger partial charge in [-0.3, -0.25) is 0 Å². The van der Waals surface area contributed by atoms with Crippen molar-refractivity contribution >= 4 is 89.0 Å². The summed E-state index contributed by atoms with van der Waals surface area (Å²) in [7, 11) is 0. The molecular formula is C55H51BN2. The van der Waals surface area contributed by atoms with Crippen molar-refractivity contribution in [3.63, 3.8) is 0 Å². The van der Waals surface area contributed by atoms with Crippen molar-refractivity contribution in [1.82, 2.24) is 4.48 Å². The second-order valence-electron chi connectivity index (χ2n) is 21.4.